The van der Waals surface area contributed by atoms with E-state index < -0.39 is 73.2 Å². The van der Waals surface area contributed by atoms with Gasteiger partial charge >= 0.3 is 5.97 Å². The molecule has 0 bridgehead atoms. The molecular weight excluding hydrogens is 805 g/mol. The van der Waals surface area contributed by atoms with E-state index in [1.807, 2.05) is 141 Å². The van der Waals surface area contributed by atoms with Gasteiger partial charge in [0.1, 0.15) is 55.4 Å². The predicted molar refractivity (Wildman–Crippen MR) is 231 cm³/mol. The number of carbonyl (C=O) groups is 1. The Morgan fingerprint density at radius 1 is 0.508 bits per heavy atom. The first kappa shape index (κ1) is 44.8. The van der Waals surface area contributed by atoms with Crippen LogP contribution in [0.25, 0.3) is 0 Å². The highest BCUT2D eigenvalue weighted by Crippen LogP contribution is 2.41. The van der Waals surface area contributed by atoms with Gasteiger partial charge in [0.15, 0.2) is 18.4 Å². The minimum atomic E-state index is -1.08. The Bertz CT molecular complexity index is 2110. The van der Waals surface area contributed by atoms with Crippen LogP contribution in [0.3, 0.4) is 0 Å². The molecule has 0 aromatic heterocycles. The van der Waals surface area contributed by atoms with E-state index in [0.29, 0.717) is 12.2 Å². The van der Waals surface area contributed by atoms with Gasteiger partial charge in [-0.1, -0.05) is 140 Å². The number of esters is 1. The lowest BCUT2D eigenvalue weighted by Crippen LogP contribution is -2.65. The molecule has 0 radical (unpaired) electrons. The first-order chi connectivity index (χ1) is 30.8. The maximum Gasteiger partial charge on any atom is 0.338 e. The van der Waals surface area contributed by atoms with Crippen molar-refractivity contribution in [3.05, 3.63) is 179 Å². The Labute approximate surface area is 369 Å². The van der Waals surface area contributed by atoms with Crippen molar-refractivity contribution in [2.75, 3.05) is 20.3 Å². The second kappa shape index (κ2) is 21.7. The van der Waals surface area contributed by atoms with E-state index in [2.05, 4.69) is 0 Å². The van der Waals surface area contributed by atoms with Crippen LogP contribution >= 0.6 is 0 Å². The van der Waals surface area contributed by atoms with Gasteiger partial charge < -0.3 is 52.1 Å². The molecule has 63 heavy (non-hydrogen) atoms. The van der Waals surface area contributed by atoms with E-state index in [1.54, 1.807) is 24.3 Å². The maximum atomic E-state index is 13.0. The van der Waals surface area contributed by atoms with E-state index in [0.717, 1.165) is 22.3 Å². The van der Waals surface area contributed by atoms with Crippen molar-refractivity contribution in [1.29, 1.82) is 0 Å². The van der Waals surface area contributed by atoms with Crippen LogP contribution in [-0.4, -0.2) is 93.5 Å². The fraction of sp³-hybridized carbons (Fsp3) is 0.392. The molecule has 3 aliphatic heterocycles. The number of hydrogen-bond donors (Lipinski definition) is 0. The molecule has 3 fully saturated rings. The summed E-state index contributed by atoms with van der Waals surface area (Å²) in [6, 6.07) is 48.6. The third kappa shape index (κ3) is 11.9. The molecule has 0 N–H and O–H groups in total. The number of rotatable bonds is 19. The molecule has 0 unspecified atom stereocenters. The Hall–Kier alpha value is -4.83. The van der Waals surface area contributed by atoms with Gasteiger partial charge in [0.05, 0.1) is 38.6 Å². The van der Waals surface area contributed by atoms with Crippen molar-refractivity contribution in [3.63, 3.8) is 0 Å². The highest BCUT2D eigenvalue weighted by atomic mass is 16.8. The maximum absolute atomic E-state index is 13.0. The summed E-state index contributed by atoms with van der Waals surface area (Å²) >= 11 is 0. The van der Waals surface area contributed by atoms with Gasteiger partial charge in [-0.3, -0.25) is 0 Å². The van der Waals surface area contributed by atoms with Crippen LogP contribution in [0, 0.1) is 0 Å². The summed E-state index contributed by atoms with van der Waals surface area (Å²) in [5.41, 5.74) is 4.35. The van der Waals surface area contributed by atoms with E-state index in [-0.39, 0.29) is 33.0 Å². The van der Waals surface area contributed by atoms with Crippen molar-refractivity contribution >= 4 is 5.97 Å². The van der Waals surface area contributed by atoms with Crippen LogP contribution in [0.2, 0.25) is 0 Å². The summed E-state index contributed by atoms with van der Waals surface area (Å²) in [7, 11) is 1.53. The summed E-state index contributed by atoms with van der Waals surface area (Å²) < 4.78 is 72.4. The van der Waals surface area contributed by atoms with Gasteiger partial charge in [-0.05, 0) is 48.2 Å². The largest absolute Gasteiger partial charge is 0.459 e. The van der Waals surface area contributed by atoms with Crippen LogP contribution in [0.15, 0.2) is 152 Å². The standard InChI is InChI=1S/C51H56O12/c1-51(2)62-43-41(34-58-48(52)39-27-17-8-18-28-39)59-49(53-3)47(45(43)63-51)61-50-46(57-32-38-25-15-7-16-26-38)44(56-31-37-23-13-6-14-24-37)42(55-30-36-21-11-5-12-22-36)40(60-50)33-54-29-35-19-9-4-10-20-35/h4-28,40-47,49-50H,29-34H2,1-3H3/t40-,41-,42+,43+,44+,45+,46-,47-,49-,50-/m1/s1. The second-order valence-electron chi connectivity index (χ2n) is 16.2. The van der Waals surface area contributed by atoms with Gasteiger partial charge in [0.2, 0.25) is 0 Å². The molecule has 12 nitrogen and oxygen atoms in total. The van der Waals surface area contributed by atoms with Gasteiger partial charge in [0.25, 0.3) is 0 Å². The lowest BCUT2D eigenvalue weighted by molar-refractivity contribution is -0.369. The third-order valence-corrected chi connectivity index (χ3v) is 11.2. The number of hydrogen-bond acceptors (Lipinski definition) is 12. The number of fused-ring (bicyclic) bond motifs is 1. The van der Waals surface area contributed by atoms with Gasteiger partial charge in [-0.25, -0.2) is 4.79 Å². The topological polar surface area (TPSA) is 119 Å². The van der Waals surface area contributed by atoms with Crippen molar-refractivity contribution in [3.8, 4) is 0 Å². The summed E-state index contributed by atoms with van der Waals surface area (Å²) in [6.45, 7) is 4.80. The molecule has 5 aromatic carbocycles. The molecule has 332 valence electrons. The van der Waals surface area contributed by atoms with Gasteiger partial charge in [-0.15, -0.1) is 0 Å². The fourth-order valence-electron chi connectivity index (χ4n) is 8.13. The molecule has 5 aromatic rings. The van der Waals surface area contributed by atoms with Crippen LogP contribution < -0.4 is 0 Å². The normalized spacial score (nSPS) is 27.7. The summed E-state index contributed by atoms with van der Waals surface area (Å²) in [4.78, 5) is 13.0. The van der Waals surface area contributed by atoms with Gasteiger partial charge in [0, 0.05) is 7.11 Å². The van der Waals surface area contributed by atoms with Crippen LogP contribution in [-0.2, 0) is 78.5 Å². The molecule has 3 saturated heterocycles. The van der Waals surface area contributed by atoms with Crippen molar-refractivity contribution in [2.45, 2.75) is 107 Å². The van der Waals surface area contributed by atoms with Crippen LogP contribution in [0.5, 0.6) is 0 Å². The second-order valence-corrected chi connectivity index (χ2v) is 16.2. The van der Waals surface area contributed by atoms with Crippen molar-refractivity contribution < 1.29 is 56.9 Å². The van der Waals surface area contributed by atoms with Crippen molar-refractivity contribution in [2.24, 2.45) is 0 Å². The summed E-state index contributed by atoms with van der Waals surface area (Å²) in [6.07, 6.45) is -8.11. The number of carbonyl (C=O) groups excluding carboxylic acids is 1. The summed E-state index contributed by atoms with van der Waals surface area (Å²) in [5, 5.41) is 0. The van der Waals surface area contributed by atoms with E-state index in [1.165, 1.54) is 7.11 Å². The number of ether oxygens (including phenoxy) is 11. The average Bonchev–Trinajstić information content (AvgIpc) is 3.66. The predicted octanol–water partition coefficient (Wildman–Crippen LogP) is 7.82. The molecular formula is C51H56O12. The zero-order valence-electron chi connectivity index (χ0n) is 35.8. The highest BCUT2D eigenvalue weighted by molar-refractivity contribution is 5.89. The molecule has 8 rings (SSSR count). The number of methoxy groups -OCH3 is 1. The molecule has 0 saturated carbocycles. The van der Waals surface area contributed by atoms with E-state index >= 15 is 0 Å². The minimum Gasteiger partial charge on any atom is -0.459 e. The average molecular weight is 861 g/mol. The van der Waals surface area contributed by atoms with Crippen molar-refractivity contribution in [1.82, 2.24) is 0 Å². The fourth-order valence-corrected chi connectivity index (χ4v) is 8.13. The lowest BCUT2D eigenvalue weighted by atomic mass is 9.96. The molecule has 3 aliphatic rings. The minimum absolute atomic E-state index is 0.111. The smallest absolute Gasteiger partial charge is 0.338 e. The Morgan fingerprint density at radius 3 is 1.51 bits per heavy atom. The Morgan fingerprint density at radius 2 is 0.968 bits per heavy atom. The van der Waals surface area contributed by atoms with Crippen LogP contribution in [0.4, 0.5) is 0 Å². The molecule has 10 atom stereocenters. The SMILES string of the molecule is CO[C@@H]1O[C@H](COC(=O)c2ccccc2)[C@@H]2OC(C)(C)O[C@@H]2[C@H]1O[C@H]1O[C@H](COCc2ccccc2)[C@H](OCc2ccccc2)[C@H](OCc2ccccc2)[C@H]1OCc1ccccc1. The van der Waals surface area contributed by atoms with Gasteiger partial charge in [-0.2, -0.15) is 0 Å². The molecule has 0 amide bonds. The first-order valence-corrected chi connectivity index (χ1v) is 21.5. The lowest BCUT2D eigenvalue weighted by Gasteiger charge is -2.48. The Kier molecular flexibility index (Phi) is 15.4. The molecule has 3 heterocycles. The summed E-state index contributed by atoms with van der Waals surface area (Å²) in [5.74, 6) is -1.52. The van der Waals surface area contributed by atoms with E-state index in [4.69, 9.17) is 52.1 Å². The Balaban J connectivity index is 1.11. The quantitative estimate of drug-likeness (QED) is 0.0754. The van der Waals surface area contributed by atoms with E-state index in [9.17, 15) is 4.79 Å². The first-order valence-electron chi connectivity index (χ1n) is 21.5. The molecule has 0 aliphatic carbocycles. The number of benzene rings is 5. The zero-order chi connectivity index (χ0) is 43.4. The monoisotopic (exact) mass is 860 g/mol. The third-order valence-electron chi connectivity index (χ3n) is 11.2. The highest BCUT2D eigenvalue weighted by Gasteiger charge is 2.59. The molecule has 0 spiro atoms. The zero-order valence-corrected chi connectivity index (χ0v) is 35.8. The molecule has 12 heteroatoms. The van der Waals surface area contributed by atoms with Crippen LogP contribution in [0.1, 0.15) is 46.5 Å².